The molecule has 36 heavy (non-hydrogen) atoms. The molecule has 192 valence electrons. The number of ether oxygens (including phenoxy) is 1. The number of aliphatic carboxylic acids is 1. The van der Waals surface area contributed by atoms with Crippen LogP contribution in [0, 0.1) is 5.92 Å². The number of carboxylic acid groups (broad SMARTS) is 1. The Hall–Kier alpha value is -3.25. The fourth-order valence-electron chi connectivity index (χ4n) is 4.45. The topological polar surface area (TPSA) is 164 Å². The number of ketones is 1. The number of carboxylic acids is 1. The largest absolute Gasteiger partial charge is 0.491 e. The molecule has 0 bridgehead atoms. The number of aromatic amines is 1. The van der Waals surface area contributed by atoms with Crippen molar-refractivity contribution in [2.45, 2.75) is 36.2 Å². The quantitative estimate of drug-likeness (QED) is 0.192. The van der Waals surface area contributed by atoms with Crippen LogP contribution in [0.2, 0.25) is 0 Å². The summed E-state index contributed by atoms with van der Waals surface area (Å²) in [4.78, 5) is 28.2. The minimum absolute atomic E-state index is 0.0824. The number of hydrogen-bond acceptors (Lipinski definition) is 7. The van der Waals surface area contributed by atoms with E-state index in [-0.39, 0.29) is 16.3 Å². The standard InChI is InChI=1S/C25H30N4O6S/c26-25(16-21(30)31,29-36(33,34)18-6-2-1-3-7-18)24(32)22-23(19-8-4-5-9-20(19)28-22)35-15-12-17-10-13-27-14-11-17/h1-9,17,27-29H,10-16,26H2,(H,30,31). The fraction of sp³-hybridized carbons (Fsp3) is 0.360. The second-order valence-corrected chi connectivity index (χ2v) is 10.7. The summed E-state index contributed by atoms with van der Waals surface area (Å²) in [5.41, 5.74) is 4.27. The third-order valence-electron chi connectivity index (χ3n) is 6.32. The summed E-state index contributed by atoms with van der Waals surface area (Å²) in [7, 11) is -4.31. The number of nitrogens with one attached hydrogen (secondary N) is 3. The van der Waals surface area contributed by atoms with Crippen molar-refractivity contribution in [1.82, 2.24) is 15.0 Å². The number of aromatic nitrogens is 1. The maximum absolute atomic E-state index is 13.7. The summed E-state index contributed by atoms with van der Waals surface area (Å²) in [6, 6.07) is 14.4. The number of nitrogens with two attached hydrogens (primary N) is 1. The molecule has 0 radical (unpaired) electrons. The van der Waals surface area contributed by atoms with E-state index in [1.807, 2.05) is 0 Å². The van der Waals surface area contributed by atoms with E-state index in [4.69, 9.17) is 10.5 Å². The monoisotopic (exact) mass is 514 g/mol. The molecule has 11 heteroatoms. The number of rotatable bonds is 11. The van der Waals surface area contributed by atoms with E-state index in [2.05, 4.69) is 15.0 Å². The molecular weight excluding hydrogens is 484 g/mol. The van der Waals surface area contributed by atoms with Gasteiger partial charge in [0.1, 0.15) is 5.69 Å². The normalized spacial score (nSPS) is 16.5. The molecule has 1 atom stereocenters. The summed E-state index contributed by atoms with van der Waals surface area (Å²) < 4.78 is 34.2. The third kappa shape index (κ3) is 5.76. The second kappa shape index (κ2) is 10.8. The average Bonchev–Trinajstić information content (AvgIpc) is 3.22. The van der Waals surface area contributed by atoms with Crippen LogP contribution in [0.1, 0.15) is 36.2 Å². The van der Waals surface area contributed by atoms with E-state index in [1.54, 1.807) is 30.3 Å². The van der Waals surface area contributed by atoms with Crippen molar-refractivity contribution in [2.75, 3.05) is 19.7 Å². The summed E-state index contributed by atoms with van der Waals surface area (Å²) in [5, 5.41) is 13.4. The zero-order valence-corrected chi connectivity index (χ0v) is 20.5. The van der Waals surface area contributed by atoms with Crippen LogP contribution in [0.25, 0.3) is 10.9 Å². The van der Waals surface area contributed by atoms with E-state index in [0.29, 0.717) is 23.4 Å². The van der Waals surface area contributed by atoms with Gasteiger partial charge in [0.25, 0.3) is 0 Å². The van der Waals surface area contributed by atoms with Gasteiger partial charge in [0.05, 0.1) is 17.9 Å². The molecule has 1 aliphatic heterocycles. The number of para-hydroxylation sites is 1. The summed E-state index contributed by atoms with van der Waals surface area (Å²) in [6.07, 6.45) is 1.89. The van der Waals surface area contributed by atoms with Crippen LogP contribution >= 0.6 is 0 Å². The van der Waals surface area contributed by atoms with Gasteiger partial charge < -0.3 is 25.9 Å². The van der Waals surface area contributed by atoms with Crippen LogP contribution < -0.4 is 20.5 Å². The first kappa shape index (κ1) is 25.8. The van der Waals surface area contributed by atoms with Crippen molar-refractivity contribution in [2.24, 2.45) is 11.7 Å². The van der Waals surface area contributed by atoms with E-state index in [1.165, 1.54) is 24.3 Å². The van der Waals surface area contributed by atoms with Crippen LogP contribution in [-0.4, -0.2) is 55.6 Å². The molecule has 1 unspecified atom stereocenters. The predicted molar refractivity (Wildman–Crippen MR) is 134 cm³/mol. The van der Waals surface area contributed by atoms with Crippen molar-refractivity contribution < 1.29 is 27.9 Å². The molecule has 1 aliphatic rings. The zero-order valence-electron chi connectivity index (χ0n) is 19.7. The first-order chi connectivity index (χ1) is 17.2. The van der Waals surface area contributed by atoms with Crippen molar-refractivity contribution >= 4 is 32.7 Å². The van der Waals surface area contributed by atoms with Gasteiger partial charge in [-0.1, -0.05) is 30.3 Å². The van der Waals surface area contributed by atoms with Crippen LogP contribution in [0.5, 0.6) is 5.75 Å². The SMILES string of the molecule is NC(CC(=O)O)(NS(=O)(=O)c1ccccc1)C(=O)c1[nH]c2ccccc2c1OCCC1CCNCC1. The minimum atomic E-state index is -4.31. The summed E-state index contributed by atoms with van der Waals surface area (Å²) >= 11 is 0. The molecule has 1 saturated heterocycles. The fourth-order valence-corrected chi connectivity index (χ4v) is 5.72. The van der Waals surface area contributed by atoms with E-state index in [9.17, 15) is 23.1 Å². The number of Topliss-reactive ketones (excluding diaryl/α,β-unsaturated/α-hetero) is 1. The third-order valence-corrected chi connectivity index (χ3v) is 7.85. The van der Waals surface area contributed by atoms with E-state index in [0.717, 1.165) is 32.4 Å². The van der Waals surface area contributed by atoms with Crippen molar-refractivity contribution in [3.8, 4) is 5.75 Å². The van der Waals surface area contributed by atoms with Gasteiger partial charge in [-0.3, -0.25) is 9.59 Å². The van der Waals surface area contributed by atoms with Gasteiger partial charge in [-0.2, -0.15) is 4.72 Å². The maximum atomic E-state index is 13.7. The number of carbonyl (C=O) groups excluding carboxylic acids is 1. The van der Waals surface area contributed by atoms with Crippen LogP contribution in [-0.2, 0) is 14.8 Å². The molecule has 0 spiro atoms. The smallest absolute Gasteiger partial charge is 0.307 e. The highest BCUT2D eigenvalue weighted by Crippen LogP contribution is 2.33. The lowest BCUT2D eigenvalue weighted by atomic mass is 9.95. The summed E-state index contributed by atoms with van der Waals surface area (Å²) in [6.45, 7) is 2.25. The molecule has 2 heterocycles. The number of sulfonamides is 1. The minimum Gasteiger partial charge on any atom is -0.491 e. The molecule has 0 saturated carbocycles. The Labute approximate surface area is 209 Å². The zero-order chi connectivity index (χ0) is 25.8. The molecule has 1 fully saturated rings. The summed E-state index contributed by atoms with van der Waals surface area (Å²) in [5.74, 6) is -1.65. The van der Waals surface area contributed by atoms with Gasteiger partial charge in [0.2, 0.25) is 15.8 Å². The lowest BCUT2D eigenvalue weighted by molar-refractivity contribution is -0.138. The van der Waals surface area contributed by atoms with Crippen molar-refractivity contribution in [3.05, 3.63) is 60.3 Å². The molecule has 0 aliphatic carbocycles. The highest BCUT2D eigenvalue weighted by molar-refractivity contribution is 7.89. The number of piperidine rings is 1. The van der Waals surface area contributed by atoms with Crippen molar-refractivity contribution in [1.29, 1.82) is 0 Å². The lowest BCUT2D eigenvalue weighted by Gasteiger charge is -2.27. The molecule has 3 aromatic rings. The van der Waals surface area contributed by atoms with Crippen molar-refractivity contribution in [3.63, 3.8) is 0 Å². The molecular formula is C25H30N4O6S. The lowest BCUT2D eigenvalue weighted by Crippen LogP contribution is -2.62. The first-order valence-electron chi connectivity index (χ1n) is 11.8. The molecule has 0 amide bonds. The average molecular weight is 515 g/mol. The molecule has 10 nitrogen and oxygen atoms in total. The number of carbonyl (C=O) groups is 2. The van der Waals surface area contributed by atoms with Gasteiger partial charge in [-0.15, -0.1) is 0 Å². The van der Waals surface area contributed by atoms with E-state index >= 15 is 0 Å². The molecule has 6 N–H and O–H groups in total. The Balaban J connectivity index is 1.66. The Morgan fingerprint density at radius 2 is 1.75 bits per heavy atom. The number of H-pyrrole nitrogens is 1. The highest BCUT2D eigenvalue weighted by Gasteiger charge is 2.43. The maximum Gasteiger partial charge on any atom is 0.307 e. The van der Waals surface area contributed by atoms with Gasteiger partial charge in [0.15, 0.2) is 11.4 Å². The van der Waals surface area contributed by atoms with Crippen LogP contribution in [0.15, 0.2) is 59.5 Å². The van der Waals surface area contributed by atoms with E-state index < -0.39 is 33.9 Å². The van der Waals surface area contributed by atoms with Gasteiger partial charge in [-0.05, 0) is 62.5 Å². The first-order valence-corrected chi connectivity index (χ1v) is 13.3. The van der Waals surface area contributed by atoms with Gasteiger partial charge >= 0.3 is 5.97 Å². The predicted octanol–water partition coefficient (Wildman–Crippen LogP) is 2.23. The number of benzene rings is 2. The Bertz CT molecular complexity index is 1340. The highest BCUT2D eigenvalue weighted by atomic mass is 32.2. The molecule has 4 rings (SSSR count). The Morgan fingerprint density at radius 3 is 2.44 bits per heavy atom. The Kier molecular flexibility index (Phi) is 7.74. The number of fused-ring (bicyclic) bond motifs is 1. The van der Waals surface area contributed by atoms with Gasteiger partial charge in [0, 0.05) is 10.9 Å². The molecule has 2 aromatic carbocycles. The Morgan fingerprint density at radius 1 is 1.08 bits per heavy atom. The van der Waals surface area contributed by atoms with Crippen LogP contribution in [0.4, 0.5) is 0 Å². The van der Waals surface area contributed by atoms with Crippen LogP contribution in [0.3, 0.4) is 0 Å². The molecule has 1 aromatic heterocycles. The van der Waals surface area contributed by atoms with Gasteiger partial charge in [-0.25, -0.2) is 8.42 Å². The number of hydrogen-bond donors (Lipinski definition) is 5. The second-order valence-electron chi connectivity index (χ2n) is 8.99.